The summed E-state index contributed by atoms with van der Waals surface area (Å²) < 4.78 is 5.54. The van der Waals surface area contributed by atoms with Crippen molar-refractivity contribution in [1.29, 1.82) is 0 Å². The van der Waals surface area contributed by atoms with Gasteiger partial charge in [0.2, 0.25) is 11.8 Å². The molecule has 156 valence electrons. The number of methoxy groups -OCH3 is 1. The Morgan fingerprint density at radius 2 is 1.97 bits per heavy atom. The van der Waals surface area contributed by atoms with Crippen LogP contribution >= 0.6 is 11.6 Å². The Balaban J connectivity index is 1.56. The number of aromatic nitrogens is 4. The second-order valence-corrected chi connectivity index (χ2v) is 7.93. The largest absolute Gasteiger partial charge is 0.480 e. The van der Waals surface area contributed by atoms with Crippen LogP contribution in [0.5, 0.6) is 5.88 Å². The van der Waals surface area contributed by atoms with Gasteiger partial charge in [0.05, 0.1) is 24.0 Å². The summed E-state index contributed by atoms with van der Waals surface area (Å²) in [7, 11) is 3.73. The number of benzene rings is 1. The number of fused-ring (bicyclic) bond motifs is 2. The van der Waals surface area contributed by atoms with Crippen molar-refractivity contribution in [3.05, 3.63) is 65.1 Å². The zero-order chi connectivity index (χ0) is 21.4. The Bertz CT molecular complexity index is 1280. The van der Waals surface area contributed by atoms with Crippen LogP contribution in [0.25, 0.3) is 22.2 Å². The number of nitrogens with zero attached hydrogens (tertiary/aromatic N) is 5. The van der Waals surface area contributed by atoms with E-state index in [0.29, 0.717) is 17.0 Å². The fraction of sp³-hybridized carbons (Fsp3) is 0.217. The predicted molar refractivity (Wildman–Crippen MR) is 122 cm³/mol. The number of nitrogens with one attached hydrogen (secondary N) is 1. The molecule has 0 atom stereocenters. The summed E-state index contributed by atoms with van der Waals surface area (Å²) in [4.78, 5) is 20.7. The molecule has 0 amide bonds. The van der Waals surface area contributed by atoms with E-state index in [0.717, 1.165) is 53.1 Å². The molecule has 8 heteroatoms. The van der Waals surface area contributed by atoms with E-state index >= 15 is 0 Å². The van der Waals surface area contributed by atoms with Gasteiger partial charge < -0.3 is 15.0 Å². The van der Waals surface area contributed by atoms with E-state index in [-0.39, 0.29) is 0 Å². The highest BCUT2D eigenvalue weighted by Gasteiger charge is 2.19. The zero-order valence-corrected chi connectivity index (χ0v) is 18.0. The first-order chi connectivity index (χ1) is 15.1. The third-order valence-corrected chi connectivity index (χ3v) is 5.58. The van der Waals surface area contributed by atoms with Crippen LogP contribution in [0.3, 0.4) is 0 Å². The second-order valence-electron chi connectivity index (χ2n) is 7.55. The minimum atomic E-state index is 0.441. The van der Waals surface area contributed by atoms with E-state index in [9.17, 15) is 0 Å². The topological polar surface area (TPSA) is 76.1 Å². The molecule has 1 aliphatic heterocycles. The van der Waals surface area contributed by atoms with Crippen LogP contribution in [0.4, 0.5) is 11.6 Å². The van der Waals surface area contributed by atoms with E-state index < -0.39 is 0 Å². The Morgan fingerprint density at radius 3 is 2.81 bits per heavy atom. The molecule has 5 rings (SSSR count). The first-order valence-electron chi connectivity index (χ1n) is 10.0. The quantitative estimate of drug-likeness (QED) is 0.476. The first kappa shape index (κ1) is 19.7. The summed E-state index contributed by atoms with van der Waals surface area (Å²) in [6, 6.07) is 13.6. The standard InChI is InChI=1S/C23H21ClN6O/c1-30-10-9-17-15(13-30)11-19(22(27-17)31-2)28-23-25-12-14-5-3-6-16(21(14)29-23)18-7-4-8-20(24)26-18/h3-8,11-12H,9-10,13H2,1-2H3,(H,25,28,29). The molecule has 1 aromatic carbocycles. The maximum atomic E-state index is 6.11. The van der Waals surface area contributed by atoms with Gasteiger partial charge in [-0.2, -0.15) is 0 Å². The molecule has 0 unspecified atom stereocenters. The number of ether oxygens (including phenoxy) is 1. The van der Waals surface area contributed by atoms with Crippen molar-refractivity contribution in [2.24, 2.45) is 0 Å². The second kappa shape index (κ2) is 8.09. The summed E-state index contributed by atoms with van der Waals surface area (Å²) in [5.74, 6) is 1.00. The molecule has 0 aliphatic carbocycles. The summed E-state index contributed by atoms with van der Waals surface area (Å²) in [6.07, 6.45) is 2.70. The molecule has 4 aromatic rings. The van der Waals surface area contributed by atoms with Crippen LogP contribution in [-0.4, -0.2) is 45.5 Å². The summed E-state index contributed by atoms with van der Waals surface area (Å²) in [5, 5.41) is 4.66. The van der Waals surface area contributed by atoms with E-state index in [4.69, 9.17) is 26.3 Å². The van der Waals surface area contributed by atoms with Gasteiger partial charge in [0.25, 0.3) is 0 Å². The van der Waals surface area contributed by atoms with Crippen molar-refractivity contribution < 1.29 is 4.74 Å². The summed E-state index contributed by atoms with van der Waals surface area (Å²) >= 11 is 6.11. The molecule has 0 spiro atoms. The maximum absolute atomic E-state index is 6.11. The SMILES string of the molecule is COc1nc2c(cc1Nc1ncc3cccc(-c4cccc(Cl)n4)c3n1)CN(C)CC2. The number of para-hydroxylation sites is 1. The summed E-state index contributed by atoms with van der Waals surface area (Å²) in [6.45, 7) is 1.84. The van der Waals surface area contributed by atoms with E-state index in [2.05, 4.69) is 33.3 Å². The minimum absolute atomic E-state index is 0.441. The molecule has 0 fully saturated rings. The molecular weight excluding hydrogens is 412 g/mol. The molecule has 1 N–H and O–H groups in total. The van der Waals surface area contributed by atoms with Gasteiger partial charge in [-0.3, -0.25) is 0 Å². The molecule has 31 heavy (non-hydrogen) atoms. The highest BCUT2D eigenvalue weighted by molar-refractivity contribution is 6.29. The van der Waals surface area contributed by atoms with Crippen molar-refractivity contribution in [2.75, 3.05) is 26.0 Å². The Kier molecular flexibility index (Phi) is 5.13. The van der Waals surface area contributed by atoms with Crippen molar-refractivity contribution in [1.82, 2.24) is 24.8 Å². The number of rotatable bonds is 4. The van der Waals surface area contributed by atoms with Crippen molar-refractivity contribution in [2.45, 2.75) is 13.0 Å². The number of hydrogen-bond donors (Lipinski definition) is 1. The fourth-order valence-corrected chi connectivity index (χ4v) is 4.00. The van der Waals surface area contributed by atoms with Crippen LogP contribution in [0, 0.1) is 0 Å². The molecule has 7 nitrogen and oxygen atoms in total. The minimum Gasteiger partial charge on any atom is -0.480 e. The maximum Gasteiger partial charge on any atom is 0.237 e. The van der Waals surface area contributed by atoms with Crippen LogP contribution in [0.15, 0.2) is 48.7 Å². The first-order valence-corrected chi connectivity index (χ1v) is 10.4. The molecule has 1 aliphatic rings. The average Bonchev–Trinajstić information content (AvgIpc) is 2.78. The zero-order valence-electron chi connectivity index (χ0n) is 17.3. The molecule has 4 heterocycles. The van der Waals surface area contributed by atoms with Gasteiger partial charge in [-0.25, -0.2) is 19.9 Å². The van der Waals surface area contributed by atoms with Crippen LogP contribution < -0.4 is 10.1 Å². The Labute approximate surface area is 185 Å². The fourth-order valence-electron chi connectivity index (χ4n) is 3.84. The van der Waals surface area contributed by atoms with Gasteiger partial charge in [0.15, 0.2) is 0 Å². The van der Waals surface area contributed by atoms with Gasteiger partial charge in [0.1, 0.15) is 10.8 Å². The summed E-state index contributed by atoms with van der Waals surface area (Å²) in [5.41, 5.74) is 5.45. The lowest BCUT2D eigenvalue weighted by Gasteiger charge is -2.25. The lowest BCUT2D eigenvalue weighted by Crippen LogP contribution is -2.27. The number of hydrogen-bond acceptors (Lipinski definition) is 7. The average molecular weight is 433 g/mol. The smallest absolute Gasteiger partial charge is 0.237 e. The number of pyridine rings is 2. The molecule has 0 radical (unpaired) electrons. The van der Waals surface area contributed by atoms with Gasteiger partial charge in [0, 0.05) is 36.7 Å². The van der Waals surface area contributed by atoms with Crippen molar-refractivity contribution in [3.63, 3.8) is 0 Å². The van der Waals surface area contributed by atoms with E-state index in [1.54, 1.807) is 19.4 Å². The Morgan fingerprint density at radius 1 is 1.10 bits per heavy atom. The molecule has 0 bridgehead atoms. The normalized spacial score (nSPS) is 13.8. The Hall–Kier alpha value is -3.29. The van der Waals surface area contributed by atoms with Crippen LogP contribution in [-0.2, 0) is 13.0 Å². The van der Waals surface area contributed by atoms with Crippen molar-refractivity contribution in [3.8, 4) is 17.1 Å². The monoisotopic (exact) mass is 432 g/mol. The van der Waals surface area contributed by atoms with E-state index in [1.807, 2.05) is 30.3 Å². The highest BCUT2D eigenvalue weighted by Crippen LogP contribution is 2.31. The van der Waals surface area contributed by atoms with Gasteiger partial charge in [-0.05, 0) is 30.8 Å². The third kappa shape index (κ3) is 3.89. The van der Waals surface area contributed by atoms with Crippen molar-refractivity contribution >= 4 is 34.1 Å². The van der Waals surface area contributed by atoms with Gasteiger partial charge in [-0.15, -0.1) is 0 Å². The van der Waals surface area contributed by atoms with Crippen LogP contribution in [0.2, 0.25) is 5.15 Å². The van der Waals surface area contributed by atoms with Gasteiger partial charge in [-0.1, -0.05) is 35.9 Å². The number of halogens is 1. The number of likely N-dealkylation sites (N-methyl/N-ethyl adjacent to an activating group) is 1. The molecule has 0 saturated heterocycles. The highest BCUT2D eigenvalue weighted by atomic mass is 35.5. The van der Waals surface area contributed by atoms with Crippen LogP contribution in [0.1, 0.15) is 11.3 Å². The lowest BCUT2D eigenvalue weighted by molar-refractivity contribution is 0.307. The predicted octanol–water partition coefficient (Wildman–Crippen LogP) is 4.48. The molecule has 0 saturated carbocycles. The van der Waals surface area contributed by atoms with E-state index in [1.165, 1.54) is 5.56 Å². The van der Waals surface area contributed by atoms with Gasteiger partial charge >= 0.3 is 0 Å². The third-order valence-electron chi connectivity index (χ3n) is 5.37. The number of anilines is 2. The lowest BCUT2D eigenvalue weighted by atomic mass is 10.1. The molecular formula is C23H21ClN6O. The molecule has 3 aromatic heterocycles.